The molecule has 0 spiro atoms. The van der Waals surface area contributed by atoms with Gasteiger partial charge in [-0.3, -0.25) is 14.4 Å². The molecule has 3 rings (SSSR count). The van der Waals surface area contributed by atoms with E-state index >= 15 is 0 Å². The third-order valence-corrected chi connectivity index (χ3v) is 3.51. The Hall–Kier alpha value is -2.95. The molecule has 104 valence electrons. The van der Waals surface area contributed by atoms with Crippen LogP contribution in [0.4, 0.5) is 0 Å². The van der Waals surface area contributed by atoms with Crippen molar-refractivity contribution in [2.45, 2.75) is 0 Å². The Kier molecular flexibility index (Phi) is 2.83. The summed E-state index contributed by atoms with van der Waals surface area (Å²) in [6.07, 6.45) is 0.564. The van der Waals surface area contributed by atoms with E-state index in [0.29, 0.717) is 6.29 Å². The highest BCUT2D eigenvalue weighted by Gasteiger charge is 2.35. The summed E-state index contributed by atoms with van der Waals surface area (Å²) in [6.45, 7) is 0. The molecule has 0 saturated heterocycles. The van der Waals surface area contributed by atoms with Crippen LogP contribution in [0.1, 0.15) is 42.2 Å². The van der Waals surface area contributed by atoms with Gasteiger partial charge in [0.25, 0.3) is 0 Å². The number of hydrogen-bond acceptors (Lipinski definition) is 5. The molecule has 0 heterocycles. The van der Waals surface area contributed by atoms with Crippen LogP contribution in [0.3, 0.4) is 0 Å². The summed E-state index contributed by atoms with van der Waals surface area (Å²) in [5, 5.41) is 9.84. The van der Waals surface area contributed by atoms with Crippen LogP contribution in [0, 0.1) is 0 Å². The largest absolute Gasteiger partial charge is 0.507 e. The number of hydrogen-bond donors (Lipinski definition) is 1. The molecule has 0 fully saturated rings. The van der Waals surface area contributed by atoms with Crippen molar-refractivity contribution in [3.63, 3.8) is 0 Å². The minimum atomic E-state index is -0.464. The van der Waals surface area contributed by atoms with Gasteiger partial charge in [0.1, 0.15) is 11.5 Å². The number of ketones is 2. The van der Waals surface area contributed by atoms with Gasteiger partial charge in [0, 0.05) is 11.1 Å². The fraction of sp³-hybridized carbons (Fsp3) is 0.0625. The van der Waals surface area contributed by atoms with E-state index in [1.54, 1.807) is 0 Å². The molecule has 0 unspecified atom stereocenters. The Morgan fingerprint density at radius 1 is 1.00 bits per heavy atom. The predicted octanol–water partition coefficient (Wildman–Crippen LogP) is 1.99. The van der Waals surface area contributed by atoms with Crippen LogP contribution in [0.25, 0.3) is 0 Å². The lowest BCUT2D eigenvalue weighted by molar-refractivity contribution is 0.0973. The fourth-order valence-electron chi connectivity index (χ4n) is 2.56. The van der Waals surface area contributed by atoms with Gasteiger partial charge in [0.15, 0.2) is 17.9 Å². The molecule has 5 heteroatoms. The van der Waals surface area contributed by atoms with E-state index in [0.717, 1.165) is 0 Å². The van der Waals surface area contributed by atoms with Crippen LogP contribution < -0.4 is 4.74 Å². The van der Waals surface area contributed by atoms with Gasteiger partial charge in [-0.15, -0.1) is 0 Å². The molecule has 0 atom stereocenters. The van der Waals surface area contributed by atoms with E-state index in [2.05, 4.69) is 0 Å². The number of phenolic OH excluding ortho intramolecular Hbond substituents is 1. The third kappa shape index (κ3) is 1.67. The van der Waals surface area contributed by atoms with Crippen molar-refractivity contribution >= 4 is 17.9 Å². The Morgan fingerprint density at radius 3 is 2.33 bits per heavy atom. The maximum atomic E-state index is 12.6. The van der Waals surface area contributed by atoms with Gasteiger partial charge < -0.3 is 9.84 Å². The van der Waals surface area contributed by atoms with Crippen molar-refractivity contribution in [3.05, 3.63) is 58.1 Å². The molecule has 21 heavy (non-hydrogen) atoms. The van der Waals surface area contributed by atoms with Gasteiger partial charge in [0.05, 0.1) is 23.8 Å². The van der Waals surface area contributed by atoms with Crippen molar-refractivity contribution in [2.75, 3.05) is 7.11 Å². The molecule has 2 aromatic carbocycles. The summed E-state index contributed by atoms with van der Waals surface area (Å²) in [6, 6.07) is 7.12. The monoisotopic (exact) mass is 282 g/mol. The number of carbonyl (C=O) groups is 3. The van der Waals surface area contributed by atoms with Crippen LogP contribution in [0.2, 0.25) is 0 Å². The smallest absolute Gasteiger partial charge is 0.198 e. The zero-order valence-corrected chi connectivity index (χ0v) is 11.0. The molecule has 1 aliphatic rings. The first-order valence-electron chi connectivity index (χ1n) is 6.17. The summed E-state index contributed by atoms with van der Waals surface area (Å²) >= 11 is 0. The van der Waals surface area contributed by atoms with E-state index < -0.39 is 11.6 Å². The molecule has 0 radical (unpaired) electrons. The second-order valence-corrected chi connectivity index (χ2v) is 4.59. The standard InChI is InChI=1S/C16H10O5/c1-21-16-8(7-17)5-6-10-13(16)15(20)9-3-2-4-11(18)12(9)14(10)19/h2-7,18H,1H3. The van der Waals surface area contributed by atoms with Crippen molar-refractivity contribution in [1.29, 1.82) is 0 Å². The molecule has 2 aromatic rings. The van der Waals surface area contributed by atoms with Gasteiger partial charge in [-0.2, -0.15) is 0 Å². The lowest BCUT2D eigenvalue weighted by Gasteiger charge is -2.20. The fourth-order valence-corrected chi connectivity index (χ4v) is 2.56. The number of ether oxygens (including phenoxy) is 1. The van der Waals surface area contributed by atoms with E-state index in [-0.39, 0.29) is 39.3 Å². The maximum absolute atomic E-state index is 12.6. The number of benzene rings is 2. The SMILES string of the molecule is COc1c(C=O)ccc2c1C(=O)c1cccc(O)c1C2=O. The van der Waals surface area contributed by atoms with E-state index in [1.165, 1.54) is 37.4 Å². The van der Waals surface area contributed by atoms with Gasteiger partial charge in [-0.1, -0.05) is 12.1 Å². The number of carbonyl (C=O) groups excluding carboxylic acids is 3. The number of fused-ring (bicyclic) bond motifs is 2. The normalized spacial score (nSPS) is 12.6. The summed E-state index contributed by atoms with van der Waals surface area (Å²) < 4.78 is 5.13. The zero-order valence-electron chi connectivity index (χ0n) is 11.0. The minimum Gasteiger partial charge on any atom is -0.507 e. The summed E-state index contributed by atoms with van der Waals surface area (Å²) in [5.41, 5.74) is 0.465. The average molecular weight is 282 g/mol. The highest BCUT2D eigenvalue weighted by molar-refractivity contribution is 6.30. The molecule has 0 aromatic heterocycles. The van der Waals surface area contributed by atoms with Crippen molar-refractivity contribution in [2.24, 2.45) is 0 Å². The highest BCUT2D eigenvalue weighted by atomic mass is 16.5. The minimum absolute atomic E-state index is 0.0177. The summed E-state index contributed by atoms with van der Waals surface area (Å²) in [7, 11) is 1.33. The Labute approximate surface area is 119 Å². The van der Waals surface area contributed by atoms with E-state index in [9.17, 15) is 19.5 Å². The number of aromatic hydroxyl groups is 1. The zero-order chi connectivity index (χ0) is 15.1. The first-order chi connectivity index (χ1) is 10.1. The van der Waals surface area contributed by atoms with Gasteiger partial charge in [-0.05, 0) is 18.2 Å². The number of phenols is 1. The van der Waals surface area contributed by atoms with Crippen LogP contribution in [0.5, 0.6) is 11.5 Å². The predicted molar refractivity (Wildman–Crippen MR) is 73.4 cm³/mol. The second kappa shape index (κ2) is 4.56. The Morgan fingerprint density at radius 2 is 1.67 bits per heavy atom. The first-order valence-corrected chi connectivity index (χ1v) is 6.17. The van der Waals surface area contributed by atoms with E-state index in [4.69, 9.17) is 4.74 Å². The Balaban J connectivity index is 2.38. The molecule has 0 amide bonds. The molecule has 0 saturated carbocycles. The van der Waals surface area contributed by atoms with Crippen LogP contribution >= 0.6 is 0 Å². The lowest BCUT2D eigenvalue weighted by Crippen LogP contribution is -2.22. The molecule has 0 aliphatic heterocycles. The van der Waals surface area contributed by atoms with Crippen molar-refractivity contribution in [1.82, 2.24) is 0 Å². The number of methoxy groups -OCH3 is 1. The molecule has 5 nitrogen and oxygen atoms in total. The quantitative estimate of drug-likeness (QED) is 0.727. The van der Waals surface area contributed by atoms with Gasteiger partial charge >= 0.3 is 0 Å². The molecule has 0 bridgehead atoms. The first kappa shape index (κ1) is 13.1. The van der Waals surface area contributed by atoms with E-state index in [1.807, 2.05) is 0 Å². The number of rotatable bonds is 2. The molecular weight excluding hydrogens is 272 g/mol. The maximum Gasteiger partial charge on any atom is 0.198 e. The summed E-state index contributed by atoms with van der Waals surface area (Å²) in [5.74, 6) is -1.07. The third-order valence-electron chi connectivity index (χ3n) is 3.51. The molecule has 1 aliphatic carbocycles. The highest BCUT2D eigenvalue weighted by Crippen LogP contribution is 2.37. The Bertz CT molecular complexity index is 805. The molecule has 1 N–H and O–H groups in total. The second-order valence-electron chi connectivity index (χ2n) is 4.59. The lowest BCUT2D eigenvalue weighted by atomic mass is 9.82. The van der Waals surface area contributed by atoms with Gasteiger partial charge in [0.2, 0.25) is 0 Å². The average Bonchev–Trinajstić information content (AvgIpc) is 2.50. The van der Waals surface area contributed by atoms with Crippen LogP contribution in [-0.4, -0.2) is 30.1 Å². The van der Waals surface area contributed by atoms with Crippen molar-refractivity contribution < 1.29 is 24.2 Å². The van der Waals surface area contributed by atoms with Crippen LogP contribution in [-0.2, 0) is 0 Å². The molecular formula is C16H10O5. The summed E-state index contributed by atoms with van der Waals surface area (Å²) in [4.78, 5) is 36.1. The van der Waals surface area contributed by atoms with Crippen LogP contribution in [0.15, 0.2) is 30.3 Å². The van der Waals surface area contributed by atoms with Crippen molar-refractivity contribution in [3.8, 4) is 11.5 Å². The van der Waals surface area contributed by atoms with Gasteiger partial charge in [-0.25, -0.2) is 0 Å². The number of aldehydes is 1. The topological polar surface area (TPSA) is 80.7 Å².